The van der Waals surface area contributed by atoms with Gasteiger partial charge in [-0.3, -0.25) is 0 Å². The summed E-state index contributed by atoms with van der Waals surface area (Å²) in [6.45, 7) is 3.98. The third-order valence-electron chi connectivity index (χ3n) is 2.41. The first-order valence-electron chi connectivity index (χ1n) is 4.52. The maximum atomic E-state index is 8.87. The summed E-state index contributed by atoms with van der Waals surface area (Å²) in [5, 5.41) is 18.9. The molecule has 0 aliphatic carbocycles. The molecule has 1 aromatic carbocycles. The van der Waals surface area contributed by atoms with Crippen molar-refractivity contribution in [3.63, 3.8) is 0 Å². The minimum Gasteiger partial charge on any atom is -1.00 e. The summed E-state index contributed by atoms with van der Waals surface area (Å²) in [5.41, 5.74) is 3.71. The van der Waals surface area contributed by atoms with E-state index in [4.69, 9.17) is 5.26 Å². The van der Waals surface area contributed by atoms with E-state index in [1.54, 1.807) is 11.0 Å². The van der Waals surface area contributed by atoms with E-state index in [0.29, 0.717) is 5.56 Å². The zero-order valence-electron chi connectivity index (χ0n) is 8.90. The monoisotopic (exact) mass is 235 g/mol. The SMILES string of the molecule is Cc1cc(C#N)cc(-[n+]2cnn[nH]2)c1C.[Cl-]. The van der Waals surface area contributed by atoms with Gasteiger partial charge < -0.3 is 12.4 Å². The summed E-state index contributed by atoms with van der Waals surface area (Å²) in [5.74, 6) is 0. The lowest BCUT2D eigenvalue weighted by molar-refractivity contribution is -0.660. The number of benzene rings is 1. The van der Waals surface area contributed by atoms with Crippen LogP contribution in [0.3, 0.4) is 0 Å². The summed E-state index contributed by atoms with van der Waals surface area (Å²) in [7, 11) is 0. The number of hydrogen-bond donors (Lipinski definition) is 1. The second kappa shape index (κ2) is 4.73. The highest BCUT2D eigenvalue weighted by Crippen LogP contribution is 2.15. The van der Waals surface area contributed by atoms with E-state index in [2.05, 4.69) is 21.6 Å². The topological polar surface area (TPSA) is 69.2 Å². The molecule has 82 valence electrons. The fourth-order valence-electron chi connectivity index (χ4n) is 1.45. The van der Waals surface area contributed by atoms with Crippen molar-refractivity contribution in [3.8, 4) is 11.8 Å². The number of halogens is 1. The van der Waals surface area contributed by atoms with Crippen molar-refractivity contribution in [1.82, 2.24) is 15.5 Å². The van der Waals surface area contributed by atoms with Gasteiger partial charge >= 0.3 is 0 Å². The molecule has 1 heterocycles. The van der Waals surface area contributed by atoms with Gasteiger partial charge in [-0.1, -0.05) is 5.21 Å². The van der Waals surface area contributed by atoms with Crippen LogP contribution in [0.1, 0.15) is 16.7 Å². The number of hydrogen-bond acceptors (Lipinski definition) is 3. The largest absolute Gasteiger partial charge is 1.00 e. The molecule has 0 saturated heterocycles. The molecule has 0 saturated carbocycles. The zero-order chi connectivity index (χ0) is 10.8. The molecule has 2 aromatic rings. The van der Waals surface area contributed by atoms with Crippen LogP contribution >= 0.6 is 0 Å². The predicted molar refractivity (Wildman–Crippen MR) is 52.1 cm³/mol. The number of aromatic amines is 1. The second-order valence-electron chi connectivity index (χ2n) is 3.35. The van der Waals surface area contributed by atoms with Gasteiger partial charge in [-0.2, -0.15) is 5.26 Å². The van der Waals surface area contributed by atoms with Gasteiger partial charge in [-0.15, -0.1) is 4.68 Å². The summed E-state index contributed by atoms with van der Waals surface area (Å²) in [6.07, 6.45) is 1.57. The first-order chi connectivity index (χ1) is 7.22. The number of tetrazole rings is 1. The first-order valence-corrected chi connectivity index (χ1v) is 4.52. The van der Waals surface area contributed by atoms with Crippen LogP contribution in [0, 0.1) is 25.2 Å². The molecule has 6 heteroatoms. The Kier molecular flexibility index (Phi) is 3.59. The molecule has 16 heavy (non-hydrogen) atoms. The average molecular weight is 236 g/mol. The van der Waals surface area contributed by atoms with Crippen LogP contribution in [0.5, 0.6) is 0 Å². The highest BCUT2D eigenvalue weighted by Gasteiger charge is 2.10. The Labute approximate surface area is 99.1 Å². The predicted octanol–water partition coefficient (Wildman–Crippen LogP) is -2.43. The average Bonchev–Trinajstić information content (AvgIpc) is 2.75. The first kappa shape index (κ1) is 12.1. The molecule has 0 amide bonds. The van der Waals surface area contributed by atoms with Crippen molar-refractivity contribution in [1.29, 1.82) is 5.26 Å². The lowest BCUT2D eigenvalue weighted by Crippen LogP contribution is -3.00. The molecule has 0 radical (unpaired) electrons. The molecule has 0 aliphatic heterocycles. The van der Waals surface area contributed by atoms with E-state index in [1.807, 2.05) is 26.0 Å². The maximum Gasteiger partial charge on any atom is 0.293 e. The van der Waals surface area contributed by atoms with Crippen LogP contribution in [-0.2, 0) is 0 Å². The number of aryl methyl sites for hydroxylation is 1. The Hall–Kier alpha value is -1.93. The highest BCUT2D eigenvalue weighted by molar-refractivity contribution is 5.46. The van der Waals surface area contributed by atoms with Gasteiger partial charge in [0.2, 0.25) is 0 Å². The van der Waals surface area contributed by atoms with E-state index in [0.717, 1.165) is 16.8 Å². The third kappa shape index (κ3) is 2.02. The Morgan fingerprint density at radius 2 is 2.12 bits per heavy atom. The molecule has 1 aromatic heterocycles. The van der Waals surface area contributed by atoms with Crippen LogP contribution in [-0.4, -0.2) is 15.5 Å². The number of nitrogens with one attached hydrogen (secondary N) is 1. The van der Waals surface area contributed by atoms with Gasteiger partial charge in [-0.05, 0) is 37.1 Å². The van der Waals surface area contributed by atoms with Crippen LogP contribution in [0.15, 0.2) is 18.5 Å². The summed E-state index contributed by atoms with van der Waals surface area (Å²) in [4.78, 5) is 0. The molecule has 0 unspecified atom stereocenters. The van der Waals surface area contributed by atoms with Gasteiger partial charge in [0, 0.05) is 0 Å². The van der Waals surface area contributed by atoms with Crippen LogP contribution in [0.25, 0.3) is 5.69 Å². The Morgan fingerprint density at radius 3 is 2.69 bits per heavy atom. The summed E-state index contributed by atoms with van der Waals surface area (Å²) < 4.78 is 1.68. The summed E-state index contributed by atoms with van der Waals surface area (Å²) >= 11 is 0. The van der Waals surface area contributed by atoms with E-state index >= 15 is 0 Å². The minimum absolute atomic E-state index is 0. The molecule has 0 aliphatic rings. The van der Waals surface area contributed by atoms with E-state index < -0.39 is 0 Å². The molecule has 5 nitrogen and oxygen atoms in total. The minimum atomic E-state index is 0. The second-order valence-corrected chi connectivity index (χ2v) is 3.35. The van der Waals surface area contributed by atoms with Crippen molar-refractivity contribution in [3.05, 3.63) is 35.2 Å². The molecule has 1 N–H and O–H groups in total. The lowest BCUT2D eigenvalue weighted by atomic mass is 10.0. The van der Waals surface area contributed by atoms with Crippen LogP contribution < -0.4 is 17.1 Å². The smallest absolute Gasteiger partial charge is 0.293 e. The van der Waals surface area contributed by atoms with Crippen LogP contribution in [0.2, 0.25) is 0 Å². The number of rotatable bonds is 1. The molecule has 2 rings (SSSR count). The fraction of sp³-hybridized carbons (Fsp3) is 0.200. The van der Waals surface area contributed by atoms with Gasteiger partial charge in [0.05, 0.1) is 11.6 Å². The summed E-state index contributed by atoms with van der Waals surface area (Å²) in [6, 6.07) is 5.80. The van der Waals surface area contributed by atoms with E-state index in [9.17, 15) is 0 Å². The molecule has 0 bridgehead atoms. The van der Waals surface area contributed by atoms with Crippen molar-refractivity contribution in [2.45, 2.75) is 13.8 Å². The lowest BCUT2D eigenvalue weighted by Gasteiger charge is -2.04. The van der Waals surface area contributed by atoms with E-state index in [1.165, 1.54) is 0 Å². The van der Waals surface area contributed by atoms with E-state index in [-0.39, 0.29) is 12.4 Å². The highest BCUT2D eigenvalue weighted by atomic mass is 35.5. The Balaban J connectivity index is 0.00000128. The number of H-pyrrole nitrogens is 1. The number of aromatic nitrogens is 4. The molecule has 0 fully saturated rings. The van der Waals surface area contributed by atoms with Crippen molar-refractivity contribution in [2.75, 3.05) is 0 Å². The Morgan fingerprint density at radius 1 is 1.38 bits per heavy atom. The maximum absolute atomic E-state index is 8.87. The quantitative estimate of drug-likeness (QED) is 0.559. The standard InChI is InChI=1S/C10H9N5.ClH/c1-7-3-9(5-11)4-10(8(7)2)15-6-12-13-14-15;/h3-4,6H,1-2H3;1H. The van der Waals surface area contributed by atoms with Crippen LogP contribution in [0.4, 0.5) is 0 Å². The molecular formula is C10H10ClN5. The molecular weight excluding hydrogens is 226 g/mol. The van der Waals surface area contributed by atoms with Crippen molar-refractivity contribution in [2.24, 2.45) is 0 Å². The van der Waals surface area contributed by atoms with Gasteiger partial charge in [0.25, 0.3) is 6.33 Å². The van der Waals surface area contributed by atoms with Crippen molar-refractivity contribution < 1.29 is 17.1 Å². The Bertz CT molecular complexity index is 527. The molecule has 0 spiro atoms. The normalized spacial score (nSPS) is 9.31. The third-order valence-corrected chi connectivity index (χ3v) is 2.41. The van der Waals surface area contributed by atoms with Gasteiger partial charge in [0.15, 0.2) is 5.21 Å². The molecule has 0 atom stereocenters. The zero-order valence-corrected chi connectivity index (χ0v) is 9.65. The fourth-order valence-corrected chi connectivity index (χ4v) is 1.45. The van der Waals surface area contributed by atoms with Crippen molar-refractivity contribution >= 4 is 0 Å². The van der Waals surface area contributed by atoms with Gasteiger partial charge in [-0.25, -0.2) is 0 Å². The van der Waals surface area contributed by atoms with Gasteiger partial charge in [0.1, 0.15) is 10.8 Å². The number of nitriles is 1. The number of nitrogens with zero attached hydrogens (tertiary/aromatic N) is 4.